The van der Waals surface area contributed by atoms with Gasteiger partial charge in [0.1, 0.15) is 11.9 Å². The zero-order valence-electron chi connectivity index (χ0n) is 20.6. The number of hydrogen-bond donors (Lipinski definition) is 1. The number of nitrogens with one attached hydrogen (secondary N) is 1. The lowest BCUT2D eigenvalue weighted by molar-refractivity contribution is -0.119. The highest BCUT2D eigenvalue weighted by Crippen LogP contribution is 2.41. The third-order valence-electron chi connectivity index (χ3n) is 7.53. The lowest BCUT2D eigenvalue weighted by Crippen LogP contribution is -2.54. The summed E-state index contributed by atoms with van der Waals surface area (Å²) >= 11 is 0. The summed E-state index contributed by atoms with van der Waals surface area (Å²) in [5.74, 6) is 0.699. The van der Waals surface area contributed by atoms with E-state index in [1.54, 1.807) is 40.6 Å². The van der Waals surface area contributed by atoms with E-state index in [4.69, 9.17) is 0 Å². The van der Waals surface area contributed by atoms with E-state index in [9.17, 15) is 13.2 Å². The molecule has 2 fully saturated rings. The van der Waals surface area contributed by atoms with Gasteiger partial charge in [0.2, 0.25) is 15.9 Å². The van der Waals surface area contributed by atoms with Gasteiger partial charge in [-0.15, -0.1) is 0 Å². The van der Waals surface area contributed by atoms with Crippen LogP contribution in [-0.4, -0.2) is 80.9 Å². The monoisotopic (exact) mass is 498 g/mol. The summed E-state index contributed by atoms with van der Waals surface area (Å²) in [7, 11) is 0.238. The molecule has 10 heteroatoms. The van der Waals surface area contributed by atoms with Crippen LogP contribution in [0.1, 0.15) is 32.6 Å². The Bertz CT molecular complexity index is 1210. The molecule has 0 bridgehead atoms. The van der Waals surface area contributed by atoms with Crippen molar-refractivity contribution in [3.05, 3.63) is 36.5 Å². The Morgan fingerprint density at radius 1 is 1.00 bits per heavy atom. The number of rotatable bonds is 5. The molecule has 1 aliphatic carbocycles. The number of hydrogen-bond acceptors (Lipinski definition) is 7. The molecule has 1 aromatic carbocycles. The number of anilines is 4. The van der Waals surface area contributed by atoms with Gasteiger partial charge in [0.25, 0.3) is 0 Å². The summed E-state index contributed by atoms with van der Waals surface area (Å²) in [6.45, 7) is 4.40. The van der Waals surface area contributed by atoms with Gasteiger partial charge in [-0.2, -0.15) is 4.31 Å². The molecule has 1 saturated heterocycles. The van der Waals surface area contributed by atoms with E-state index in [0.717, 1.165) is 37.3 Å². The van der Waals surface area contributed by atoms with Crippen molar-refractivity contribution in [2.75, 3.05) is 55.4 Å². The van der Waals surface area contributed by atoms with E-state index < -0.39 is 10.0 Å². The molecule has 1 saturated carbocycles. The minimum Gasteiger partial charge on any atom is -0.355 e. The van der Waals surface area contributed by atoms with E-state index in [2.05, 4.69) is 20.1 Å². The van der Waals surface area contributed by atoms with E-state index in [1.807, 2.05) is 26.1 Å². The summed E-state index contributed by atoms with van der Waals surface area (Å²) < 4.78 is 28.0. The van der Waals surface area contributed by atoms with Gasteiger partial charge >= 0.3 is 0 Å². The number of fused-ring (bicyclic) bond motifs is 1. The van der Waals surface area contributed by atoms with Crippen LogP contribution in [0.2, 0.25) is 0 Å². The second-order valence-electron chi connectivity index (χ2n) is 9.84. The first-order valence-corrected chi connectivity index (χ1v) is 13.8. The first kappa shape index (κ1) is 24.0. The first-order valence-electron chi connectivity index (χ1n) is 12.4. The molecule has 3 heterocycles. The Kier molecular flexibility index (Phi) is 6.45. The van der Waals surface area contributed by atoms with E-state index in [-0.39, 0.29) is 16.8 Å². The van der Waals surface area contributed by atoms with E-state index in [1.165, 1.54) is 12.8 Å². The van der Waals surface area contributed by atoms with Gasteiger partial charge in [-0.1, -0.05) is 18.9 Å². The fourth-order valence-electron chi connectivity index (χ4n) is 5.45. The van der Waals surface area contributed by atoms with Crippen LogP contribution in [-0.2, 0) is 14.8 Å². The van der Waals surface area contributed by atoms with Crippen molar-refractivity contribution >= 4 is 38.8 Å². The Morgan fingerprint density at radius 3 is 2.43 bits per heavy atom. The molecule has 5 rings (SSSR count). The SMILES string of the molecule is CC1C(=O)N(C)c2cnc(Nc3cccc(S(=O)(=O)N4CCN(C)CC4)c3)cc2N1C1CCCC1. The van der Waals surface area contributed by atoms with E-state index in [0.29, 0.717) is 30.6 Å². The summed E-state index contributed by atoms with van der Waals surface area (Å²) in [4.78, 5) is 23.8. The number of pyridine rings is 1. The van der Waals surface area contributed by atoms with Crippen LogP contribution in [0.5, 0.6) is 0 Å². The van der Waals surface area contributed by atoms with Gasteiger partial charge in [-0.05, 0) is 45.0 Å². The topological polar surface area (TPSA) is 89.1 Å². The minimum atomic E-state index is -3.56. The summed E-state index contributed by atoms with van der Waals surface area (Å²) in [6, 6.07) is 9.00. The number of carbonyl (C=O) groups is 1. The van der Waals surface area contributed by atoms with Crippen molar-refractivity contribution in [3.8, 4) is 0 Å². The van der Waals surface area contributed by atoms with Gasteiger partial charge in [-0.25, -0.2) is 13.4 Å². The predicted octanol–water partition coefficient (Wildman–Crippen LogP) is 2.88. The number of nitrogens with zero attached hydrogens (tertiary/aromatic N) is 5. The molecule has 2 aliphatic heterocycles. The van der Waals surface area contributed by atoms with Crippen LogP contribution in [0, 0.1) is 0 Å². The summed E-state index contributed by atoms with van der Waals surface area (Å²) in [5.41, 5.74) is 2.45. The number of likely N-dealkylation sites (N-methyl/N-ethyl adjacent to an activating group) is 2. The molecular weight excluding hydrogens is 464 g/mol. The van der Waals surface area contributed by atoms with Gasteiger partial charge in [0.05, 0.1) is 22.5 Å². The number of piperazine rings is 1. The fourth-order valence-corrected chi connectivity index (χ4v) is 6.92. The molecule has 3 aliphatic rings. The maximum absolute atomic E-state index is 13.2. The molecule has 1 N–H and O–H groups in total. The van der Waals surface area contributed by atoms with Gasteiger partial charge in [0.15, 0.2) is 0 Å². The van der Waals surface area contributed by atoms with Crippen LogP contribution in [0.3, 0.4) is 0 Å². The largest absolute Gasteiger partial charge is 0.355 e. The van der Waals surface area contributed by atoms with Crippen LogP contribution in [0.25, 0.3) is 0 Å². The third kappa shape index (κ3) is 4.50. The maximum Gasteiger partial charge on any atom is 0.249 e. The molecule has 1 unspecified atom stereocenters. The highest BCUT2D eigenvalue weighted by Gasteiger charge is 2.38. The number of aromatic nitrogens is 1. The first-order chi connectivity index (χ1) is 16.8. The zero-order chi connectivity index (χ0) is 24.7. The molecule has 1 amide bonds. The van der Waals surface area contributed by atoms with E-state index >= 15 is 0 Å². The average molecular weight is 499 g/mol. The Hall–Kier alpha value is -2.69. The Balaban J connectivity index is 1.42. The molecule has 1 atom stereocenters. The average Bonchev–Trinajstić information content (AvgIpc) is 3.38. The normalized spacial score (nSPS) is 22.5. The number of sulfonamides is 1. The molecule has 0 spiro atoms. The third-order valence-corrected chi connectivity index (χ3v) is 9.43. The van der Waals surface area contributed by atoms with Gasteiger partial charge in [0, 0.05) is 51.0 Å². The Labute approximate surface area is 207 Å². The summed E-state index contributed by atoms with van der Waals surface area (Å²) in [6.07, 6.45) is 6.25. The molecule has 35 heavy (non-hydrogen) atoms. The minimum absolute atomic E-state index is 0.0775. The lowest BCUT2D eigenvalue weighted by Gasteiger charge is -2.43. The van der Waals surface area contributed by atoms with Crippen LogP contribution < -0.4 is 15.1 Å². The zero-order valence-corrected chi connectivity index (χ0v) is 21.5. The number of benzene rings is 1. The van der Waals surface area contributed by atoms with Gasteiger partial charge in [-0.3, -0.25) is 4.79 Å². The lowest BCUT2D eigenvalue weighted by atomic mass is 10.0. The van der Waals surface area contributed by atoms with Crippen molar-refractivity contribution in [3.63, 3.8) is 0 Å². The standard InChI is InChI=1S/C25H34N6O3S/c1-18-25(32)29(3)23-17-26-24(16-22(23)31(18)20-8-4-5-9-20)27-19-7-6-10-21(15-19)35(33,34)30-13-11-28(2)12-14-30/h6-7,10,15-18,20H,4-5,8-9,11-14H2,1-3H3,(H,26,27). The maximum atomic E-state index is 13.2. The van der Waals surface area contributed by atoms with Crippen molar-refractivity contribution < 1.29 is 13.2 Å². The fraction of sp³-hybridized carbons (Fsp3) is 0.520. The van der Waals surface area contributed by atoms with Crippen LogP contribution in [0.15, 0.2) is 41.4 Å². The van der Waals surface area contributed by atoms with Crippen molar-refractivity contribution in [2.45, 2.75) is 49.6 Å². The van der Waals surface area contributed by atoms with Crippen molar-refractivity contribution in [1.29, 1.82) is 0 Å². The summed E-state index contributed by atoms with van der Waals surface area (Å²) in [5, 5.41) is 3.30. The van der Waals surface area contributed by atoms with Crippen molar-refractivity contribution in [2.24, 2.45) is 0 Å². The molecule has 188 valence electrons. The smallest absolute Gasteiger partial charge is 0.249 e. The molecule has 1 aromatic heterocycles. The molecule has 0 radical (unpaired) electrons. The number of carbonyl (C=O) groups excluding carboxylic acids is 1. The number of amides is 1. The highest BCUT2D eigenvalue weighted by molar-refractivity contribution is 7.89. The second kappa shape index (κ2) is 9.40. The second-order valence-corrected chi connectivity index (χ2v) is 11.8. The Morgan fingerprint density at radius 2 is 1.71 bits per heavy atom. The predicted molar refractivity (Wildman–Crippen MR) is 138 cm³/mol. The van der Waals surface area contributed by atoms with Crippen molar-refractivity contribution in [1.82, 2.24) is 14.2 Å². The molecule has 9 nitrogen and oxygen atoms in total. The molecule has 2 aromatic rings. The quantitative estimate of drug-likeness (QED) is 0.678. The van der Waals surface area contributed by atoms with Crippen LogP contribution in [0.4, 0.5) is 22.9 Å². The van der Waals surface area contributed by atoms with Crippen LogP contribution >= 0.6 is 0 Å². The molecular formula is C25H34N6O3S. The van der Waals surface area contributed by atoms with Gasteiger partial charge < -0.3 is 20.0 Å². The highest BCUT2D eigenvalue weighted by atomic mass is 32.2.